The third-order valence-corrected chi connectivity index (χ3v) is 1.29. The number of rotatable bonds is 0. The van der Waals surface area contributed by atoms with Crippen LogP contribution in [0.4, 0.5) is 0 Å². The molecule has 1 nitrogen and oxygen atoms in total. The van der Waals surface area contributed by atoms with Gasteiger partial charge in [0.15, 0.2) is 0 Å². The van der Waals surface area contributed by atoms with Crippen molar-refractivity contribution in [1.82, 2.24) is 0 Å². The molecule has 0 fully saturated rings. The third kappa shape index (κ3) is 1.32. The monoisotopic (exact) mass is 97.1 g/mol. The molecule has 0 saturated heterocycles. The zero-order valence-corrected chi connectivity index (χ0v) is 4.43. The Morgan fingerprint density at radius 1 is 1.57 bits per heavy atom. The molecule has 2 N–H and O–H groups in total. The topological polar surface area (TPSA) is 26.0 Å². The lowest BCUT2D eigenvalue weighted by molar-refractivity contribution is 0.645. The summed E-state index contributed by atoms with van der Waals surface area (Å²) in [4.78, 5) is 0. The zero-order valence-electron chi connectivity index (χ0n) is 4.43. The van der Waals surface area contributed by atoms with Gasteiger partial charge >= 0.3 is 0 Å². The van der Waals surface area contributed by atoms with Crippen LogP contribution in [0.1, 0.15) is 19.3 Å². The van der Waals surface area contributed by atoms with Crippen LogP contribution < -0.4 is 5.73 Å². The summed E-state index contributed by atoms with van der Waals surface area (Å²) < 4.78 is 0. The number of allylic oxidation sites excluding steroid dienone is 1. The van der Waals surface area contributed by atoms with Gasteiger partial charge in [-0.05, 0) is 19.3 Å². The highest BCUT2D eigenvalue weighted by Gasteiger charge is 1.99. The molecule has 0 radical (unpaired) electrons. The molecule has 0 aromatic heterocycles. The van der Waals surface area contributed by atoms with Gasteiger partial charge in [-0.25, -0.2) is 0 Å². The molecule has 0 heterocycles. The van der Waals surface area contributed by atoms with Gasteiger partial charge in [0.1, 0.15) is 0 Å². The van der Waals surface area contributed by atoms with Crippen molar-refractivity contribution in [3.05, 3.63) is 12.2 Å². The van der Waals surface area contributed by atoms with Crippen molar-refractivity contribution >= 4 is 0 Å². The summed E-state index contributed by atoms with van der Waals surface area (Å²) in [5, 5.41) is 0. The van der Waals surface area contributed by atoms with E-state index in [2.05, 4.69) is 12.2 Å². The zero-order chi connectivity index (χ0) is 5.11. The maximum atomic E-state index is 5.55. The first-order chi connectivity index (χ1) is 3.39. The third-order valence-electron chi connectivity index (χ3n) is 1.29. The molecule has 1 atom stereocenters. The fourth-order valence-electron chi connectivity index (χ4n) is 0.839. The maximum absolute atomic E-state index is 5.55. The Kier molecular flexibility index (Phi) is 1.47. The molecule has 0 unspecified atom stereocenters. The largest absolute Gasteiger partial charge is 0.324 e. The summed E-state index contributed by atoms with van der Waals surface area (Å²) in [5.74, 6) is 0. The van der Waals surface area contributed by atoms with Crippen molar-refractivity contribution in [2.24, 2.45) is 5.73 Å². The molecule has 1 rings (SSSR count). The molecule has 0 spiro atoms. The van der Waals surface area contributed by atoms with E-state index >= 15 is 0 Å². The van der Waals surface area contributed by atoms with Crippen molar-refractivity contribution in [2.45, 2.75) is 25.3 Å². The SMILES string of the molecule is N[C@@H]1C=CCCC1. The maximum Gasteiger partial charge on any atom is 0.0223 e. The van der Waals surface area contributed by atoms with Crippen LogP contribution in [0.3, 0.4) is 0 Å². The van der Waals surface area contributed by atoms with E-state index in [1.807, 2.05) is 0 Å². The predicted molar refractivity (Wildman–Crippen MR) is 31.0 cm³/mol. The van der Waals surface area contributed by atoms with Gasteiger partial charge in [-0.2, -0.15) is 0 Å². The minimum absolute atomic E-state index is 0.355. The molecule has 0 aromatic carbocycles. The van der Waals surface area contributed by atoms with Crippen LogP contribution in [0, 0.1) is 0 Å². The van der Waals surface area contributed by atoms with Gasteiger partial charge < -0.3 is 5.73 Å². The van der Waals surface area contributed by atoms with E-state index < -0.39 is 0 Å². The molecule has 0 aromatic rings. The van der Waals surface area contributed by atoms with Crippen molar-refractivity contribution in [3.63, 3.8) is 0 Å². The molecule has 0 aliphatic heterocycles. The lowest BCUT2D eigenvalue weighted by atomic mass is 10.0. The van der Waals surface area contributed by atoms with E-state index in [1.54, 1.807) is 0 Å². The van der Waals surface area contributed by atoms with Crippen LogP contribution in [0.2, 0.25) is 0 Å². The number of hydrogen-bond donors (Lipinski definition) is 1. The predicted octanol–water partition coefficient (Wildman–Crippen LogP) is 1.05. The molecule has 7 heavy (non-hydrogen) atoms. The first-order valence-corrected chi connectivity index (χ1v) is 2.82. The fourth-order valence-corrected chi connectivity index (χ4v) is 0.839. The van der Waals surface area contributed by atoms with Gasteiger partial charge in [-0.3, -0.25) is 0 Å². The Morgan fingerprint density at radius 3 is 2.71 bits per heavy atom. The number of hydrogen-bond acceptors (Lipinski definition) is 1. The average Bonchev–Trinajstić information content (AvgIpc) is 1.69. The van der Waals surface area contributed by atoms with E-state index in [0.717, 1.165) is 0 Å². The van der Waals surface area contributed by atoms with Crippen LogP contribution in [0.5, 0.6) is 0 Å². The summed E-state index contributed by atoms with van der Waals surface area (Å²) in [6.07, 6.45) is 7.93. The van der Waals surface area contributed by atoms with Gasteiger partial charge in [-0.15, -0.1) is 0 Å². The van der Waals surface area contributed by atoms with E-state index in [0.29, 0.717) is 6.04 Å². The van der Waals surface area contributed by atoms with Crippen molar-refractivity contribution in [3.8, 4) is 0 Å². The Labute approximate surface area is 44.2 Å². The normalized spacial score (nSPS) is 30.7. The van der Waals surface area contributed by atoms with E-state index in [1.165, 1.54) is 19.3 Å². The van der Waals surface area contributed by atoms with E-state index in [-0.39, 0.29) is 0 Å². The Hall–Kier alpha value is -0.300. The lowest BCUT2D eigenvalue weighted by Gasteiger charge is -2.08. The highest BCUT2D eigenvalue weighted by atomic mass is 14.6. The van der Waals surface area contributed by atoms with Crippen molar-refractivity contribution < 1.29 is 0 Å². The minimum Gasteiger partial charge on any atom is -0.324 e. The quantitative estimate of drug-likeness (QED) is 0.449. The molecule has 0 bridgehead atoms. The molecule has 0 saturated carbocycles. The van der Waals surface area contributed by atoms with E-state index in [9.17, 15) is 0 Å². The lowest BCUT2D eigenvalue weighted by Crippen LogP contribution is -2.17. The summed E-state index contributed by atoms with van der Waals surface area (Å²) >= 11 is 0. The average molecular weight is 97.2 g/mol. The molecule has 1 heteroatoms. The smallest absolute Gasteiger partial charge is 0.0223 e. The van der Waals surface area contributed by atoms with Gasteiger partial charge in [0.2, 0.25) is 0 Å². The molecule has 1 aliphatic rings. The molecule has 1 aliphatic carbocycles. The highest BCUT2D eigenvalue weighted by Crippen LogP contribution is 2.06. The van der Waals surface area contributed by atoms with Crippen LogP contribution in [0.25, 0.3) is 0 Å². The molecule has 40 valence electrons. The second kappa shape index (κ2) is 2.12. The molecular formula is C6H11N. The number of nitrogens with two attached hydrogens (primary N) is 1. The van der Waals surface area contributed by atoms with Crippen LogP contribution in [-0.2, 0) is 0 Å². The summed E-state index contributed by atoms with van der Waals surface area (Å²) in [6.45, 7) is 0. The van der Waals surface area contributed by atoms with Gasteiger partial charge in [0.25, 0.3) is 0 Å². The van der Waals surface area contributed by atoms with Crippen LogP contribution in [0.15, 0.2) is 12.2 Å². The van der Waals surface area contributed by atoms with Crippen molar-refractivity contribution in [1.29, 1.82) is 0 Å². The highest BCUT2D eigenvalue weighted by molar-refractivity contribution is 4.95. The summed E-state index contributed by atoms with van der Waals surface area (Å²) in [5.41, 5.74) is 5.55. The second-order valence-electron chi connectivity index (χ2n) is 2.02. The Morgan fingerprint density at radius 2 is 2.43 bits per heavy atom. The fraction of sp³-hybridized carbons (Fsp3) is 0.667. The van der Waals surface area contributed by atoms with E-state index in [4.69, 9.17) is 5.73 Å². The Balaban J connectivity index is 2.36. The minimum atomic E-state index is 0.355. The summed E-state index contributed by atoms with van der Waals surface area (Å²) in [7, 11) is 0. The first kappa shape index (κ1) is 4.85. The van der Waals surface area contributed by atoms with Crippen LogP contribution >= 0.6 is 0 Å². The van der Waals surface area contributed by atoms with Gasteiger partial charge in [-0.1, -0.05) is 12.2 Å². The molecule has 0 amide bonds. The first-order valence-electron chi connectivity index (χ1n) is 2.82. The van der Waals surface area contributed by atoms with Crippen molar-refractivity contribution in [2.75, 3.05) is 0 Å². The molecular weight excluding hydrogens is 86.1 g/mol. The van der Waals surface area contributed by atoms with Gasteiger partial charge in [0.05, 0.1) is 0 Å². The van der Waals surface area contributed by atoms with Crippen LogP contribution in [-0.4, -0.2) is 6.04 Å². The standard InChI is InChI=1S/C6H11N/c7-6-4-2-1-3-5-6/h2,4,6H,1,3,5,7H2/t6-/m1/s1. The summed E-state index contributed by atoms with van der Waals surface area (Å²) in [6, 6.07) is 0.355. The van der Waals surface area contributed by atoms with Gasteiger partial charge in [0, 0.05) is 6.04 Å². The Bertz CT molecular complexity index is 76.2. The second-order valence-corrected chi connectivity index (χ2v) is 2.02.